The first-order chi connectivity index (χ1) is 6.36. The summed E-state index contributed by atoms with van der Waals surface area (Å²) in [7, 11) is 0. The molecule has 0 spiro atoms. The van der Waals surface area contributed by atoms with Crippen LogP contribution in [0.25, 0.3) is 0 Å². The van der Waals surface area contributed by atoms with E-state index in [9.17, 15) is 0 Å². The first kappa shape index (κ1) is 10.5. The molecular formula is C9H19N3O. The number of hydrogen-bond donors (Lipinski definition) is 2. The average Bonchev–Trinajstić information content (AvgIpc) is 2.19. The maximum atomic E-state index is 5.58. The summed E-state index contributed by atoms with van der Waals surface area (Å²) in [5, 5.41) is 0. The molecule has 1 fully saturated rings. The monoisotopic (exact) mass is 185 g/mol. The quantitative estimate of drug-likeness (QED) is 0.296. The largest absolute Gasteiger partial charge is 0.378 e. The fourth-order valence-corrected chi connectivity index (χ4v) is 1.54. The van der Waals surface area contributed by atoms with Crippen molar-refractivity contribution in [3.63, 3.8) is 0 Å². The maximum Gasteiger partial charge on any atom is 0.113 e. The van der Waals surface area contributed by atoms with Crippen LogP contribution in [0.4, 0.5) is 0 Å². The number of rotatable bonds is 3. The third-order valence-electron chi connectivity index (χ3n) is 2.21. The van der Waals surface area contributed by atoms with Crippen LogP contribution in [0.15, 0.2) is 4.99 Å². The molecule has 1 unspecified atom stereocenters. The van der Waals surface area contributed by atoms with Gasteiger partial charge in [-0.15, -0.1) is 0 Å². The zero-order valence-electron chi connectivity index (χ0n) is 8.25. The van der Waals surface area contributed by atoms with Crippen molar-refractivity contribution in [1.82, 2.24) is 5.43 Å². The molecule has 0 aliphatic carbocycles. The molecule has 1 saturated heterocycles. The van der Waals surface area contributed by atoms with E-state index in [4.69, 9.17) is 10.6 Å². The number of ether oxygens (including phenoxy) is 1. The van der Waals surface area contributed by atoms with Gasteiger partial charge in [0.1, 0.15) is 5.84 Å². The molecule has 0 amide bonds. The molecule has 76 valence electrons. The van der Waals surface area contributed by atoms with Crippen LogP contribution < -0.4 is 11.3 Å². The van der Waals surface area contributed by atoms with Crippen LogP contribution in [0.3, 0.4) is 0 Å². The van der Waals surface area contributed by atoms with Crippen molar-refractivity contribution in [2.45, 2.75) is 38.7 Å². The molecule has 1 aliphatic heterocycles. The lowest BCUT2D eigenvalue weighted by Gasteiger charge is -2.22. The Balaban J connectivity index is 2.31. The molecule has 0 radical (unpaired) electrons. The van der Waals surface area contributed by atoms with E-state index in [2.05, 4.69) is 10.4 Å². The predicted octanol–water partition coefficient (Wildman–Crippen LogP) is 0.827. The standard InChI is InChI=1S/C9H19N3O/c1-2-11-9(12-10)7-8-5-3-4-6-13-8/h8H,2-7,10H2,1H3,(H,11,12). The van der Waals surface area contributed by atoms with Gasteiger partial charge in [-0.3, -0.25) is 4.99 Å². The van der Waals surface area contributed by atoms with E-state index in [1.807, 2.05) is 6.92 Å². The van der Waals surface area contributed by atoms with Gasteiger partial charge in [-0.1, -0.05) is 0 Å². The minimum Gasteiger partial charge on any atom is -0.378 e. The highest BCUT2D eigenvalue weighted by Gasteiger charge is 2.15. The molecule has 1 heterocycles. The second-order valence-electron chi connectivity index (χ2n) is 3.26. The van der Waals surface area contributed by atoms with Crippen LogP contribution in [0.2, 0.25) is 0 Å². The van der Waals surface area contributed by atoms with Gasteiger partial charge in [0.2, 0.25) is 0 Å². The zero-order valence-corrected chi connectivity index (χ0v) is 8.25. The topological polar surface area (TPSA) is 59.6 Å². The molecule has 4 nitrogen and oxygen atoms in total. The Hall–Kier alpha value is -0.610. The highest BCUT2D eigenvalue weighted by atomic mass is 16.5. The summed E-state index contributed by atoms with van der Waals surface area (Å²) in [5.74, 6) is 6.20. The fourth-order valence-electron chi connectivity index (χ4n) is 1.54. The van der Waals surface area contributed by atoms with Gasteiger partial charge in [0, 0.05) is 19.6 Å². The summed E-state index contributed by atoms with van der Waals surface area (Å²) in [6, 6.07) is 0. The Morgan fingerprint density at radius 2 is 2.46 bits per heavy atom. The predicted molar refractivity (Wildman–Crippen MR) is 53.5 cm³/mol. The number of aliphatic imine (C=N–C) groups is 1. The summed E-state index contributed by atoms with van der Waals surface area (Å²) in [4.78, 5) is 4.24. The van der Waals surface area contributed by atoms with Crippen molar-refractivity contribution in [2.75, 3.05) is 13.2 Å². The number of amidine groups is 1. The summed E-state index contributed by atoms with van der Waals surface area (Å²) in [5.41, 5.74) is 2.62. The van der Waals surface area contributed by atoms with Gasteiger partial charge in [-0.25, -0.2) is 5.84 Å². The van der Waals surface area contributed by atoms with Crippen molar-refractivity contribution in [3.8, 4) is 0 Å². The number of nitrogens with zero attached hydrogens (tertiary/aromatic N) is 1. The SMILES string of the molecule is CCN=C(CC1CCCCO1)NN. The third-order valence-corrected chi connectivity index (χ3v) is 2.21. The molecule has 4 heteroatoms. The van der Waals surface area contributed by atoms with Crippen LogP contribution in [0.1, 0.15) is 32.6 Å². The van der Waals surface area contributed by atoms with Crippen molar-refractivity contribution in [1.29, 1.82) is 0 Å². The zero-order chi connectivity index (χ0) is 9.52. The Labute approximate surface area is 79.5 Å². The van der Waals surface area contributed by atoms with Gasteiger partial charge in [-0.05, 0) is 26.2 Å². The van der Waals surface area contributed by atoms with Crippen molar-refractivity contribution in [2.24, 2.45) is 10.8 Å². The molecule has 0 aromatic heterocycles. The van der Waals surface area contributed by atoms with E-state index in [1.54, 1.807) is 0 Å². The highest BCUT2D eigenvalue weighted by molar-refractivity contribution is 5.82. The summed E-state index contributed by atoms with van der Waals surface area (Å²) >= 11 is 0. The number of nitrogens with one attached hydrogen (secondary N) is 1. The molecule has 0 aromatic carbocycles. The Bertz CT molecular complexity index is 164. The van der Waals surface area contributed by atoms with Crippen LogP contribution in [-0.4, -0.2) is 25.1 Å². The number of hydrazine groups is 1. The van der Waals surface area contributed by atoms with Crippen LogP contribution >= 0.6 is 0 Å². The van der Waals surface area contributed by atoms with Gasteiger partial charge in [0.05, 0.1) is 6.10 Å². The third kappa shape index (κ3) is 3.74. The summed E-state index contributed by atoms with van der Waals surface area (Å²) in [6.07, 6.45) is 4.71. The molecule has 3 N–H and O–H groups in total. The highest BCUT2D eigenvalue weighted by Crippen LogP contribution is 2.15. The van der Waals surface area contributed by atoms with E-state index in [0.717, 1.165) is 31.8 Å². The number of hydrogen-bond acceptors (Lipinski definition) is 3. The van der Waals surface area contributed by atoms with E-state index in [0.29, 0.717) is 6.10 Å². The Morgan fingerprint density at radius 1 is 1.62 bits per heavy atom. The van der Waals surface area contributed by atoms with Crippen LogP contribution in [0, 0.1) is 0 Å². The van der Waals surface area contributed by atoms with Gasteiger partial charge < -0.3 is 10.2 Å². The molecule has 1 atom stereocenters. The Morgan fingerprint density at radius 3 is 3.00 bits per heavy atom. The van der Waals surface area contributed by atoms with E-state index in [-0.39, 0.29) is 0 Å². The Kier molecular flexibility index (Phi) is 4.78. The molecule has 1 aliphatic rings. The van der Waals surface area contributed by atoms with Gasteiger partial charge in [0.25, 0.3) is 0 Å². The van der Waals surface area contributed by atoms with Crippen molar-refractivity contribution in [3.05, 3.63) is 0 Å². The van der Waals surface area contributed by atoms with E-state index in [1.165, 1.54) is 12.8 Å². The normalized spacial score (nSPS) is 24.5. The van der Waals surface area contributed by atoms with E-state index < -0.39 is 0 Å². The smallest absolute Gasteiger partial charge is 0.113 e. The molecule has 1 rings (SSSR count). The second kappa shape index (κ2) is 5.94. The second-order valence-corrected chi connectivity index (χ2v) is 3.26. The van der Waals surface area contributed by atoms with Gasteiger partial charge >= 0.3 is 0 Å². The van der Waals surface area contributed by atoms with Crippen molar-refractivity contribution >= 4 is 5.84 Å². The molecule has 0 bridgehead atoms. The lowest BCUT2D eigenvalue weighted by atomic mass is 10.1. The number of nitrogens with two attached hydrogens (primary N) is 1. The molecule has 0 saturated carbocycles. The fraction of sp³-hybridized carbons (Fsp3) is 0.889. The first-order valence-corrected chi connectivity index (χ1v) is 4.98. The van der Waals surface area contributed by atoms with Gasteiger partial charge in [0.15, 0.2) is 0 Å². The molecular weight excluding hydrogens is 166 g/mol. The van der Waals surface area contributed by atoms with Crippen molar-refractivity contribution < 1.29 is 4.74 Å². The minimum absolute atomic E-state index is 0.315. The lowest BCUT2D eigenvalue weighted by molar-refractivity contribution is 0.0206. The maximum absolute atomic E-state index is 5.58. The van der Waals surface area contributed by atoms with Crippen LogP contribution in [-0.2, 0) is 4.74 Å². The average molecular weight is 185 g/mol. The van der Waals surface area contributed by atoms with Gasteiger partial charge in [-0.2, -0.15) is 0 Å². The lowest BCUT2D eigenvalue weighted by Crippen LogP contribution is -2.35. The van der Waals surface area contributed by atoms with E-state index >= 15 is 0 Å². The first-order valence-electron chi connectivity index (χ1n) is 4.98. The summed E-state index contributed by atoms with van der Waals surface area (Å²) < 4.78 is 5.58. The minimum atomic E-state index is 0.315. The molecule has 13 heavy (non-hydrogen) atoms. The van der Waals surface area contributed by atoms with Crippen LogP contribution in [0.5, 0.6) is 0 Å². The summed E-state index contributed by atoms with van der Waals surface area (Å²) in [6.45, 7) is 3.65. The molecule has 0 aromatic rings.